The quantitative estimate of drug-likeness (QED) is 0.653. The second-order valence-electron chi connectivity index (χ2n) is 5.96. The molecular weight excluding hydrogens is 246 g/mol. The monoisotopic (exact) mass is 277 g/mol. The van der Waals surface area contributed by atoms with Gasteiger partial charge in [-0.05, 0) is 49.8 Å². The average molecular weight is 277 g/mol. The average Bonchev–Trinajstić information content (AvgIpc) is 2.42. The SMILES string of the molecule is CCCOCCC(CNC(C)C)Cc1ccccc1C. The minimum atomic E-state index is 0.547. The van der Waals surface area contributed by atoms with E-state index in [1.807, 2.05) is 0 Å². The zero-order chi connectivity index (χ0) is 14.8. The highest BCUT2D eigenvalue weighted by Gasteiger charge is 2.11. The first kappa shape index (κ1) is 17.2. The van der Waals surface area contributed by atoms with Gasteiger partial charge in [-0.15, -0.1) is 0 Å². The van der Waals surface area contributed by atoms with E-state index < -0.39 is 0 Å². The van der Waals surface area contributed by atoms with Crippen molar-refractivity contribution in [2.75, 3.05) is 19.8 Å². The lowest BCUT2D eigenvalue weighted by Gasteiger charge is -2.20. The van der Waals surface area contributed by atoms with E-state index in [0.29, 0.717) is 12.0 Å². The summed E-state index contributed by atoms with van der Waals surface area (Å²) in [5.41, 5.74) is 2.87. The van der Waals surface area contributed by atoms with Crippen LogP contribution in [0.3, 0.4) is 0 Å². The van der Waals surface area contributed by atoms with Gasteiger partial charge in [-0.2, -0.15) is 0 Å². The lowest BCUT2D eigenvalue weighted by Crippen LogP contribution is -2.30. The summed E-state index contributed by atoms with van der Waals surface area (Å²) in [6.45, 7) is 11.6. The van der Waals surface area contributed by atoms with Crippen molar-refractivity contribution in [2.24, 2.45) is 5.92 Å². The number of hydrogen-bond acceptors (Lipinski definition) is 2. The van der Waals surface area contributed by atoms with Crippen molar-refractivity contribution >= 4 is 0 Å². The van der Waals surface area contributed by atoms with Gasteiger partial charge in [0.05, 0.1) is 0 Å². The molecule has 1 atom stereocenters. The van der Waals surface area contributed by atoms with Crippen LogP contribution in [-0.4, -0.2) is 25.8 Å². The highest BCUT2D eigenvalue weighted by atomic mass is 16.5. The molecule has 0 spiro atoms. The topological polar surface area (TPSA) is 21.3 Å². The second kappa shape index (κ2) is 9.95. The van der Waals surface area contributed by atoms with Crippen LogP contribution in [0.1, 0.15) is 44.7 Å². The van der Waals surface area contributed by atoms with Crippen molar-refractivity contribution < 1.29 is 4.74 Å². The standard InChI is InChI=1S/C18H31NO/c1-5-11-20-12-10-17(14-19-15(2)3)13-18-9-7-6-8-16(18)4/h6-9,15,17,19H,5,10-14H2,1-4H3. The van der Waals surface area contributed by atoms with Crippen molar-refractivity contribution in [3.05, 3.63) is 35.4 Å². The second-order valence-corrected chi connectivity index (χ2v) is 5.96. The Morgan fingerprint density at radius 1 is 1.15 bits per heavy atom. The van der Waals surface area contributed by atoms with Gasteiger partial charge in [-0.25, -0.2) is 0 Å². The summed E-state index contributed by atoms with van der Waals surface area (Å²) >= 11 is 0. The van der Waals surface area contributed by atoms with E-state index in [-0.39, 0.29) is 0 Å². The normalized spacial score (nSPS) is 12.8. The van der Waals surface area contributed by atoms with Gasteiger partial charge in [0.25, 0.3) is 0 Å². The Morgan fingerprint density at radius 2 is 1.90 bits per heavy atom. The molecule has 0 bridgehead atoms. The third kappa shape index (κ3) is 7.06. The predicted molar refractivity (Wildman–Crippen MR) is 87.2 cm³/mol. The number of ether oxygens (including phenoxy) is 1. The molecule has 1 unspecified atom stereocenters. The molecule has 1 aromatic rings. The molecular formula is C18H31NO. The minimum absolute atomic E-state index is 0.547. The summed E-state index contributed by atoms with van der Waals surface area (Å²) in [5.74, 6) is 0.648. The van der Waals surface area contributed by atoms with Crippen molar-refractivity contribution in [3.8, 4) is 0 Å². The minimum Gasteiger partial charge on any atom is -0.381 e. The fourth-order valence-electron chi connectivity index (χ4n) is 2.33. The van der Waals surface area contributed by atoms with Gasteiger partial charge >= 0.3 is 0 Å². The Bertz CT molecular complexity index is 362. The molecule has 1 rings (SSSR count). The highest BCUT2D eigenvalue weighted by Crippen LogP contribution is 2.16. The van der Waals surface area contributed by atoms with Crippen LogP contribution < -0.4 is 5.32 Å². The zero-order valence-electron chi connectivity index (χ0n) is 13.6. The lowest BCUT2D eigenvalue weighted by atomic mass is 9.93. The fourth-order valence-corrected chi connectivity index (χ4v) is 2.33. The van der Waals surface area contributed by atoms with E-state index in [0.717, 1.165) is 39.0 Å². The first-order valence-corrected chi connectivity index (χ1v) is 7.99. The third-order valence-corrected chi connectivity index (χ3v) is 3.60. The molecule has 0 fully saturated rings. The maximum Gasteiger partial charge on any atom is 0.0469 e. The van der Waals surface area contributed by atoms with Crippen molar-refractivity contribution in [3.63, 3.8) is 0 Å². The zero-order valence-corrected chi connectivity index (χ0v) is 13.6. The van der Waals surface area contributed by atoms with Crippen LogP contribution >= 0.6 is 0 Å². The summed E-state index contributed by atoms with van der Waals surface area (Å²) in [4.78, 5) is 0. The van der Waals surface area contributed by atoms with Gasteiger partial charge in [0.15, 0.2) is 0 Å². The summed E-state index contributed by atoms with van der Waals surface area (Å²) in [6, 6.07) is 9.26. The number of hydrogen-bond donors (Lipinski definition) is 1. The summed E-state index contributed by atoms with van der Waals surface area (Å²) < 4.78 is 5.66. The van der Waals surface area contributed by atoms with Crippen molar-refractivity contribution in [1.29, 1.82) is 0 Å². The fraction of sp³-hybridized carbons (Fsp3) is 0.667. The van der Waals surface area contributed by atoms with Crippen LogP contribution in [-0.2, 0) is 11.2 Å². The van der Waals surface area contributed by atoms with Gasteiger partial charge in [0, 0.05) is 19.3 Å². The van der Waals surface area contributed by atoms with Crippen molar-refractivity contribution in [1.82, 2.24) is 5.32 Å². The third-order valence-electron chi connectivity index (χ3n) is 3.60. The van der Waals surface area contributed by atoms with Crippen LogP contribution in [0.2, 0.25) is 0 Å². The lowest BCUT2D eigenvalue weighted by molar-refractivity contribution is 0.120. The molecule has 0 aliphatic rings. The smallest absolute Gasteiger partial charge is 0.0469 e. The van der Waals surface area contributed by atoms with E-state index in [9.17, 15) is 0 Å². The molecule has 0 saturated heterocycles. The Balaban J connectivity index is 2.50. The summed E-state index contributed by atoms with van der Waals surface area (Å²) in [7, 11) is 0. The number of aryl methyl sites for hydroxylation is 1. The van der Waals surface area contributed by atoms with E-state index in [4.69, 9.17) is 4.74 Å². The summed E-state index contributed by atoms with van der Waals surface area (Å²) in [5, 5.41) is 3.57. The molecule has 20 heavy (non-hydrogen) atoms. The Hall–Kier alpha value is -0.860. The molecule has 1 N–H and O–H groups in total. The van der Waals surface area contributed by atoms with E-state index in [1.165, 1.54) is 11.1 Å². The van der Waals surface area contributed by atoms with E-state index in [2.05, 4.69) is 57.3 Å². The van der Waals surface area contributed by atoms with Crippen LogP contribution in [0.5, 0.6) is 0 Å². The van der Waals surface area contributed by atoms with Crippen LogP contribution in [0.25, 0.3) is 0 Å². The van der Waals surface area contributed by atoms with Crippen molar-refractivity contribution in [2.45, 2.75) is 53.0 Å². The van der Waals surface area contributed by atoms with E-state index >= 15 is 0 Å². The molecule has 0 radical (unpaired) electrons. The first-order valence-electron chi connectivity index (χ1n) is 7.99. The highest BCUT2D eigenvalue weighted by molar-refractivity contribution is 5.25. The van der Waals surface area contributed by atoms with Gasteiger partial charge < -0.3 is 10.1 Å². The maximum absolute atomic E-state index is 5.66. The van der Waals surface area contributed by atoms with Crippen LogP contribution in [0.15, 0.2) is 24.3 Å². The molecule has 2 heteroatoms. The van der Waals surface area contributed by atoms with Gasteiger partial charge in [0.2, 0.25) is 0 Å². The molecule has 0 heterocycles. The van der Waals surface area contributed by atoms with Crippen LogP contribution in [0.4, 0.5) is 0 Å². The van der Waals surface area contributed by atoms with Gasteiger partial charge in [-0.3, -0.25) is 0 Å². The molecule has 0 aliphatic carbocycles. The maximum atomic E-state index is 5.66. The predicted octanol–water partition coefficient (Wildman–Crippen LogP) is 3.97. The molecule has 0 aliphatic heterocycles. The molecule has 0 amide bonds. The number of rotatable bonds is 10. The largest absolute Gasteiger partial charge is 0.381 e. The van der Waals surface area contributed by atoms with Crippen LogP contribution in [0, 0.1) is 12.8 Å². The Kier molecular flexibility index (Phi) is 8.56. The van der Waals surface area contributed by atoms with E-state index in [1.54, 1.807) is 0 Å². The Labute approximate surface area is 124 Å². The number of nitrogens with one attached hydrogen (secondary N) is 1. The molecule has 114 valence electrons. The molecule has 0 aromatic heterocycles. The molecule has 0 saturated carbocycles. The first-order chi connectivity index (χ1) is 9.63. The van der Waals surface area contributed by atoms with Gasteiger partial charge in [0.1, 0.15) is 0 Å². The van der Waals surface area contributed by atoms with Gasteiger partial charge in [-0.1, -0.05) is 45.0 Å². The Morgan fingerprint density at radius 3 is 2.55 bits per heavy atom. The molecule has 2 nitrogen and oxygen atoms in total. The number of benzene rings is 1. The molecule has 1 aromatic carbocycles. The summed E-state index contributed by atoms with van der Waals surface area (Å²) in [6.07, 6.45) is 3.38.